The number of carbonyl (C=O) groups is 1. The summed E-state index contributed by atoms with van der Waals surface area (Å²) in [6.07, 6.45) is 2.99. The minimum absolute atomic E-state index is 0.105. The SMILES string of the molecule is COC(=O)Oc1cnc(N2CCN(c3nnc(Cc4ccccc4)c(C)c3C)C[C@H]2C)cn1. The molecule has 1 fully saturated rings. The van der Waals surface area contributed by atoms with Gasteiger partial charge < -0.3 is 19.3 Å². The fourth-order valence-electron chi connectivity index (χ4n) is 4.03. The minimum atomic E-state index is -0.819. The molecule has 1 aromatic carbocycles. The highest BCUT2D eigenvalue weighted by molar-refractivity contribution is 5.62. The molecule has 0 amide bonds. The number of anilines is 2. The molecule has 1 atom stereocenters. The van der Waals surface area contributed by atoms with Gasteiger partial charge in [-0.15, -0.1) is 5.10 Å². The molecular weight excluding hydrogens is 420 g/mol. The van der Waals surface area contributed by atoms with Crippen molar-refractivity contribution in [2.75, 3.05) is 36.5 Å². The zero-order valence-corrected chi connectivity index (χ0v) is 19.4. The van der Waals surface area contributed by atoms with Crippen LogP contribution < -0.4 is 14.5 Å². The van der Waals surface area contributed by atoms with E-state index in [0.717, 1.165) is 43.4 Å². The number of ether oxygens (including phenoxy) is 2. The molecule has 0 bridgehead atoms. The van der Waals surface area contributed by atoms with Crippen molar-refractivity contribution in [1.82, 2.24) is 20.2 Å². The summed E-state index contributed by atoms with van der Waals surface area (Å²) in [5.41, 5.74) is 4.60. The summed E-state index contributed by atoms with van der Waals surface area (Å²) in [6.45, 7) is 8.73. The first-order valence-electron chi connectivity index (χ1n) is 10.9. The van der Waals surface area contributed by atoms with E-state index < -0.39 is 6.16 Å². The van der Waals surface area contributed by atoms with Crippen molar-refractivity contribution >= 4 is 17.8 Å². The second-order valence-electron chi connectivity index (χ2n) is 8.14. The topological polar surface area (TPSA) is 93.6 Å². The van der Waals surface area contributed by atoms with Gasteiger partial charge in [-0.3, -0.25) is 0 Å². The van der Waals surface area contributed by atoms with E-state index in [9.17, 15) is 4.79 Å². The lowest BCUT2D eigenvalue weighted by molar-refractivity contribution is 0.119. The van der Waals surface area contributed by atoms with E-state index in [1.807, 2.05) is 18.2 Å². The third kappa shape index (κ3) is 5.02. The fourth-order valence-corrected chi connectivity index (χ4v) is 4.03. The van der Waals surface area contributed by atoms with Crippen LogP contribution in [0.4, 0.5) is 16.4 Å². The van der Waals surface area contributed by atoms with Crippen LogP contribution in [0.3, 0.4) is 0 Å². The van der Waals surface area contributed by atoms with Gasteiger partial charge in [-0.1, -0.05) is 30.3 Å². The van der Waals surface area contributed by atoms with Crippen molar-refractivity contribution in [1.29, 1.82) is 0 Å². The Balaban J connectivity index is 1.44. The molecule has 172 valence electrons. The van der Waals surface area contributed by atoms with E-state index in [1.165, 1.54) is 30.0 Å². The molecule has 1 aliphatic heterocycles. The Bertz CT molecular complexity index is 1110. The van der Waals surface area contributed by atoms with Crippen LogP contribution in [-0.2, 0) is 11.2 Å². The Morgan fingerprint density at radius 2 is 1.85 bits per heavy atom. The number of rotatable bonds is 5. The standard InChI is InChI=1S/C24H28N6O3/c1-16-15-29(10-11-30(16)21-13-26-22(14-25-21)33-24(31)32-4)23-18(3)17(2)20(27-28-23)12-19-8-6-5-7-9-19/h5-9,13-14,16H,10-12,15H2,1-4H3/t16-/m1/s1. The van der Waals surface area contributed by atoms with Crippen molar-refractivity contribution in [3.05, 3.63) is 65.1 Å². The number of hydrogen-bond acceptors (Lipinski definition) is 9. The van der Waals surface area contributed by atoms with Crippen LogP contribution >= 0.6 is 0 Å². The molecule has 9 nitrogen and oxygen atoms in total. The Morgan fingerprint density at radius 1 is 1.06 bits per heavy atom. The van der Waals surface area contributed by atoms with E-state index in [0.29, 0.717) is 0 Å². The van der Waals surface area contributed by atoms with E-state index in [-0.39, 0.29) is 11.9 Å². The number of nitrogens with zero attached hydrogens (tertiary/aromatic N) is 6. The second-order valence-corrected chi connectivity index (χ2v) is 8.14. The van der Waals surface area contributed by atoms with Crippen molar-refractivity contribution < 1.29 is 14.3 Å². The van der Waals surface area contributed by atoms with Crippen LogP contribution in [0.2, 0.25) is 0 Å². The Morgan fingerprint density at radius 3 is 2.52 bits per heavy atom. The molecule has 9 heteroatoms. The maximum Gasteiger partial charge on any atom is 0.514 e. The lowest BCUT2D eigenvalue weighted by atomic mass is 10.0. The number of hydrogen-bond donors (Lipinski definition) is 0. The Kier molecular flexibility index (Phi) is 6.67. The smallest absolute Gasteiger partial charge is 0.437 e. The number of benzene rings is 1. The normalized spacial score (nSPS) is 15.9. The number of piperazine rings is 1. The Labute approximate surface area is 193 Å². The quantitative estimate of drug-likeness (QED) is 0.545. The molecular formula is C24H28N6O3. The maximum atomic E-state index is 11.2. The average molecular weight is 449 g/mol. The average Bonchev–Trinajstić information content (AvgIpc) is 2.83. The predicted molar refractivity (Wildman–Crippen MR) is 125 cm³/mol. The van der Waals surface area contributed by atoms with E-state index in [1.54, 1.807) is 6.20 Å². The summed E-state index contributed by atoms with van der Waals surface area (Å²) < 4.78 is 9.37. The highest BCUT2D eigenvalue weighted by Gasteiger charge is 2.27. The highest BCUT2D eigenvalue weighted by atomic mass is 16.7. The molecule has 2 aromatic heterocycles. The molecule has 0 N–H and O–H groups in total. The molecule has 1 saturated heterocycles. The number of methoxy groups -OCH3 is 1. The summed E-state index contributed by atoms with van der Waals surface area (Å²) >= 11 is 0. The van der Waals surface area contributed by atoms with Gasteiger partial charge in [0.2, 0.25) is 5.88 Å². The van der Waals surface area contributed by atoms with E-state index in [2.05, 4.69) is 67.6 Å². The first-order valence-corrected chi connectivity index (χ1v) is 10.9. The molecule has 1 aliphatic rings. The van der Waals surface area contributed by atoms with Crippen LogP contribution in [0.5, 0.6) is 5.88 Å². The van der Waals surface area contributed by atoms with Gasteiger partial charge in [-0.25, -0.2) is 14.8 Å². The molecule has 3 aromatic rings. The first-order chi connectivity index (χ1) is 16.0. The van der Waals surface area contributed by atoms with Crippen LogP contribution in [0.1, 0.15) is 29.3 Å². The lowest BCUT2D eigenvalue weighted by Crippen LogP contribution is -2.53. The van der Waals surface area contributed by atoms with Gasteiger partial charge in [-0.05, 0) is 37.5 Å². The van der Waals surface area contributed by atoms with Gasteiger partial charge in [0.25, 0.3) is 0 Å². The molecule has 0 aliphatic carbocycles. The summed E-state index contributed by atoms with van der Waals surface area (Å²) in [5.74, 6) is 1.77. The molecule has 33 heavy (non-hydrogen) atoms. The third-order valence-electron chi connectivity index (χ3n) is 6.00. The largest absolute Gasteiger partial charge is 0.514 e. The van der Waals surface area contributed by atoms with Gasteiger partial charge in [-0.2, -0.15) is 5.10 Å². The molecule has 0 unspecified atom stereocenters. The predicted octanol–water partition coefficient (Wildman–Crippen LogP) is 3.33. The van der Waals surface area contributed by atoms with Crippen molar-refractivity contribution in [3.8, 4) is 5.88 Å². The van der Waals surface area contributed by atoms with Crippen LogP contribution in [0.25, 0.3) is 0 Å². The van der Waals surface area contributed by atoms with Gasteiger partial charge in [0, 0.05) is 32.1 Å². The van der Waals surface area contributed by atoms with Crippen LogP contribution in [0, 0.1) is 13.8 Å². The molecule has 0 radical (unpaired) electrons. The third-order valence-corrected chi connectivity index (χ3v) is 6.00. The van der Waals surface area contributed by atoms with Crippen molar-refractivity contribution in [2.24, 2.45) is 0 Å². The highest BCUT2D eigenvalue weighted by Crippen LogP contribution is 2.26. The van der Waals surface area contributed by atoms with Crippen molar-refractivity contribution in [2.45, 2.75) is 33.2 Å². The maximum absolute atomic E-state index is 11.2. The lowest BCUT2D eigenvalue weighted by Gasteiger charge is -2.41. The van der Waals surface area contributed by atoms with Gasteiger partial charge in [0.1, 0.15) is 5.82 Å². The molecule has 0 spiro atoms. The zero-order chi connectivity index (χ0) is 23.4. The van der Waals surface area contributed by atoms with Gasteiger partial charge >= 0.3 is 6.16 Å². The van der Waals surface area contributed by atoms with Gasteiger partial charge in [0.05, 0.1) is 25.2 Å². The minimum Gasteiger partial charge on any atom is -0.437 e. The summed E-state index contributed by atoms with van der Waals surface area (Å²) in [6, 6.07) is 10.5. The van der Waals surface area contributed by atoms with Crippen LogP contribution in [0.15, 0.2) is 42.7 Å². The van der Waals surface area contributed by atoms with Crippen LogP contribution in [-0.4, -0.2) is 59.1 Å². The monoisotopic (exact) mass is 448 g/mol. The number of carbonyl (C=O) groups excluding carboxylic acids is 1. The van der Waals surface area contributed by atoms with Gasteiger partial charge in [0.15, 0.2) is 5.82 Å². The van der Waals surface area contributed by atoms with Crippen molar-refractivity contribution in [3.63, 3.8) is 0 Å². The Hall–Kier alpha value is -3.75. The zero-order valence-electron chi connectivity index (χ0n) is 19.4. The number of aromatic nitrogens is 4. The second kappa shape index (κ2) is 9.81. The summed E-state index contributed by atoms with van der Waals surface area (Å²) in [7, 11) is 1.25. The molecule has 4 rings (SSSR count). The fraction of sp³-hybridized carbons (Fsp3) is 0.375. The molecule has 3 heterocycles. The van der Waals surface area contributed by atoms with E-state index in [4.69, 9.17) is 4.74 Å². The van der Waals surface area contributed by atoms with E-state index >= 15 is 0 Å². The summed E-state index contributed by atoms with van der Waals surface area (Å²) in [5, 5.41) is 9.18. The first kappa shape index (κ1) is 22.4. The summed E-state index contributed by atoms with van der Waals surface area (Å²) in [4.78, 5) is 24.2. The molecule has 0 saturated carbocycles.